The number of hydrogen-bond acceptors (Lipinski definition) is 5. The Hall–Kier alpha value is -2.69. The van der Waals surface area contributed by atoms with Crippen molar-refractivity contribution in [3.05, 3.63) is 53.6 Å². The average Bonchev–Trinajstić information content (AvgIpc) is 2.54. The molecule has 5 nitrogen and oxygen atoms in total. The lowest BCUT2D eigenvalue weighted by Gasteiger charge is -2.15. The number of ether oxygens (including phenoxy) is 3. The van der Waals surface area contributed by atoms with Gasteiger partial charge >= 0.3 is 0 Å². The molecule has 0 aliphatic rings. The Morgan fingerprint density at radius 2 is 1.67 bits per heavy atom. The standard InChI is InChI=1S/C16H18N2O3/c1-19-14-8-13(10-18-17)9-15(20-2)16(14)21-11-12-6-4-3-5-7-12/h3-10H,11,17H2,1-2H3. The molecule has 2 aromatic rings. The van der Waals surface area contributed by atoms with Crippen LogP contribution in [-0.2, 0) is 6.61 Å². The minimum Gasteiger partial charge on any atom is -0.493 e. The molecule has 2 aromatic carbocycles. The van der Waals surface area contributed by atoms with Crippen LogP contribution in [0.2, 0.25) is 0 Å². The topological polar surface area (TPSA) is 66.1 Å². The third-order valence-electron chi connectivity index (χ3n) is 2.93. The molecule has 0 aliphatic carbocycles. The average molecular weight is 286 g/mol. The Morgan fingerprint density at radius 1 is 1.05 bits per heavy atom. The van der Waals surface area contributed by atoms with Crippen molar-refractivity contribution in [3.8, 4) is 17.2 Å². The minimum atomic E-state index is 0.428. The summed E-state index contributed by atoms with van der Waals surface area (Å²) >= 11 is 0. The number of nitrogens with zero attached hydrogens (tertiary/aromatic N) is 1. The Balaban J connectivity index is 2.28. The predicted octanol–water partition coefficient (Wildman–Crippen LogP) is 2.58. The van der Waals surface area contributed by atoms with Crippen LogP contribution in [0.15, 0.2) is 47.6 Å². The number of nitrogens with two attached hydrogens (primary N) is 1. The fourth-order valence-corrected chi connectivity index (χ4v) is 1.93. The molecule has 21 heavy (non-hydrogen) atoms. The Morgan fingerprint density at radius 3 is 2.19 bits per heavy atom. The summed E-state index contributed by atoms with van der Waals surface area (Å²) in [6.45, 7) is 0.428. The van der Waals surface area contributed by atoms with Gasteiger partial charge in [0.15, 0.2) is 11.5 Å². The van der Waals surface area contributed by atoms with E-state index in [0.717, 1.165) is 11.1 Å². The lowest BCUT2D eigenvalue weighted by atomic mass is 10.2. The second-order valence-corrected chi connectivity index (χ2v) is 4.31. The zero-order valence-electron chi connectivity index (χ0n) is 12.1. The summed E-state index contributed by atoms with van der Waals surface area (Å²) < 4.78 is 16.6. The lowest BCUT2D eigenvalue weighted by molar-refractivity contribution is 0.266. The molecule has 110 valence electrons. The van der Waals surface area contributed by atoms with Crippen molar-refractivity contribution in [2.24, 2.45) is 10.9 Å². The van der Waals surface area contributed by atoms with Crippen LogP contribution in [0.3, 0.4) is 0 Å². The van der Waals surface area contributed by atoms with Crippen molar-refractivity contribution < 1.29 is 14.2 Å². The molecule has 0 spiro atoms. The summed E-state index contributed by atoms with van der Waals surface area (Å²) in [6, 6.07) is 13.5. The lowest BCUT2D eigenvalue weighted by Crippen LogP contribution is -2.01. The largest absolute Gasteiger partial charge is 0.493 e. The predicted molar refractivity (Wildman–Crippen MR) is 82.1 cm³/mol. The monoisotopic (exact) mass is 286 g/mol. The van der Waals surface area contributed by atoms with E-state index in [0.29, 0.717) is 23.9 Å². The van der Waals surface area contributed by atoms with Crippen molar-refractivity contribution in [1.82, 2.24) is 0 Å². The second kappa shape index (κ2) is 7.19. The van der Waals surface area contributed by atoms with Crippen LogP contribution < -0.4 is 20.1 Å². The van der Waals surface area contributed by atoms with Crippen LogP contribution in [0.25, 0.3) is 0 Å². The van der Waals surface area contributed by atoms with Crippen molar-refractivity contribution in [2.75, 3.05) is 14.2 Å². The molecular weight excluding hydrogens is 268 g/mol. The minimum absolute atomic E-state index is 0.428. The van der Waals surface area contributed by atoms with Gasteiger partial charge in [-0.3, -0.25) is 0 Å². The molecule has 0 aliphatic heterocycles. The normalized spacial score (nSPS) is 10.6. The maximum Gasteiger partial charge on any atom is 0.203 e. The molecule has 2 rings (SSSR count). The Kier molecular flexibility index (Phi) is 5.04. The second-order valence-electron chi connectivity index (χ2n) is 4.31. The van der Waals surface area contributed by atoms with Crippen LogP contribution in [0.4, 0.5) is 0 Å². The van der Waals surface area contributed by atoms with Crippen LogP contribution in [0.5, 0.6) is 17.2 Å². The summed E-state index contributed by atoms with van der Waals surface area (Å²) in [7, 11) is 3.15. The van der Waals surface area contributed by atoms with Gasteiger partial charge in [0.1, 0.15) is 6.61 Å². The first kappa shape index (κ1) is 14.7. The molecule has 0 saturated heterocycles. The summed E-state index contributed by atoms with van der Waals surface area (Å²) in [4.78, 5) is 0. The van der Waals surface area contributed by atoms with E-state index >= 15 is 0 Å². The Labute approximate surface area is 123 Å². The number of rotatable bonds is 6. The van der Waals surface area contributed by atoms with Crippen LogP contribution >= 0.6 is 0 Å². The van der Waals surface area contributed by atoms with Gasteiger partial charge in [-0.15, -0.1) is 0 Å². The van der Waals surface area contributed by atoms with Gasteiger partial charge in [0.05, 0.1) is 20.4 Å². The highest BCUT2D eigenvalue weighted by molar-refractivity contribution is 5.82. The fraction of sp³-hybridized carbons (Fsp3) is 0.188. The smallest absolute Gasteiger partial charge is 0.203 e. The first-order valence-corrected chi connectivity index (χ1v) is 6.44. The zero-order valence-corrected chi connectivity index (χ0v) is 12.1. The summed E-state index contributed by atoms with van der Waals surface area (Å²) in [5, 5.41) is 3.50. The van der Waals surface area contributed by atoms with Crippen molar-refractivity contribution in [3.63, 3.8) is 0 Å². The molecule has 2 N–H and O–H groups in total. The van der Waals surface area contributed by atoms with E-state index in [-0.39, 0.29) is 0 Å². The summed E-state index contributed by atoms with van der Waals surface area (Å²) in [5.74, 6) is 6.87. The third-order valence-corrected chi connectivity index (χ3v) is 2.93. The number of benzene rings is 2. The molecular formula is C16H18N2O3. The van der Waals surface area contributed by atoms with Gasteiger partial charge in [-0.25, -0.2) is 0 Å². The van der Waals surface area contributed by atoms with E-state index in [1.807, 2.05) is 30.3 Å². The van der Waals surface area contributed by atoms with Crippen LogP contribution in [0, 0.1) is 0 Å². The fourth-order valence-electron chi connectivity index (χ4n) is 1.93. The SMILES string of the molecule is COc1cc(C=NN)cc(OC)c1OCc1ccccc1. The number of hydrogen-bond donors (Lipinski definition) is 1. The molecule has 0 atom stereocenters. The molecule has 5 heteroatoms. The van der Waals surface area contributed by atoms with Gasteiger partial charge < -0.3 is 20.1 Å². The quantitative estimate of drug-likeness (QED) is 0.503. The maximum absolute atomic E-state index is 5.84. The molecule has 0 amide bonds. The first-order valence-electron chi connectivity index (χ1n) is 6.44. The molecule has 0 radical (unpaired) electrons. The number of hydrazone groups is 1. The Bertz CT molecular complexity index is 587. The summed E-state index contributed by atoms with van der Waals surface area (Å²) in [5.41, 5.74) is 1.84. The molecule has 0 heterocycles. The number of methoxy groups -OCH3 is 2. The van der Waals surface area contributed by atoms with E-state index in [1.54, 1.807) is 26.4 Å². The highest BCUT2D eigenvalue weighted by Crippen LogP contribution is 2.38. The van der Waals surface area contributed by atoms with Gasteiger partial charge in [0, 0.05) is 5.56 Å². The van der Waals surface area contributed by atoms with E-state index < -0.39 is 0 Å². The molecule has 0 saturated carbocycles. The van der Waals surface area contributed by atoms with E-state index in [2.05, 4.69) is 5.10 Å². The molecule has 0 fully saturated rings. The van der Waals surface area contributed by atoms with Crippen LogP contribution in [-0.4, -0.2) is 20.4 Å². The molecule has 0 aromatic heterocycles. The van der Waals surface area contributed by atoms with E-state index in [4.69, 9.17) is 20.1 Å². The van der Waals surface area contributed by atoms with Gasteiger partial charge in [0.25, 0.3) is 0 Å². The van der Waals surface area contributed by atoms with E-state index in [1.165, 1.54) is 6.21 Å². The van der Waals surface area contributed by atoms with Gasteiger partial charge in [-0.1, -0.05) is 30.3 Å². The third kappa shape index (κ3) is 3.66. The highest BCUT2D eigenvalue weighted by atomic mass is 16.5. The van der Waals surface area contributed by atoms with Gasteiger partial charge in [-0.2, -0.15) is 5.10 Å². The zero-order chi connectivity index (χ0) is 15.1. The van der Waals surface area contributed by atoms with Gasteiger partial charge in [0.2, 0.25) is 5.75 Å². The van der Waals surface area contributed by atoms with Crippen LogP contribution in [0.1, 0.15) is 11.1 Å². The highest BCUT2D eigenvalue weighted by Gasteiger charge is 2.14. The first-order chi connectivity index (χ1) is 10.3. The van der Waals surface area contributed by atoms with Crippen molar-refractivity contribution in [2.45, 2.75) is 6.61 Å². The molecule has 0 bridgehead atoms. The van der Waals surface area contributed by atoms with Gasteiger partial charge in [-0.05, 0) is 17.7 Å². The van der Waals surface area contributed by atoms with Crippen molar-refractivity contribution in [1.29, 1.82) is 0 Å². The molecule has 0 unspecified atom stereocenters. The van der Waals surface area contributed by atoms with Crippen molar-refractivity contribution >= 4 is 6.21 Å². The van der Waals surface area contributed by atoms with E-state index in [9.17, 15) is 0 Å². The summed E-state index contributed by atoms with van der Waals surface area (Å²) in [6.07, 6.45) is 1.52. The maximum atomic E-state index is 5.84.